The fourth-order valence-electron chi connectivity index (χ4n) is 2.17. The number of amides is 1. The molecule has 1 aliphatic heterocycles. The summed E-state index contributed by atoms with van der Waals surface area (Å²) in [6.07, 6.45) is 2.04. The van der Waals surface area contributed by atoms with Crippen LogP contribution in [0.5, 0.6) is 0 Å². The number of likely N-dealkylation sites (tertiary alicyclic amines) is 1. The van der Waals surface area contributed by atoms with E-state index in [1.165, 1.54) is 0 Å². The van der Waals surface area contributed by atoms with Gasteiger partial charge in [0, 0.05) is 13.6 Å². The van der Waals surface area contributed by atoms with Crippen molar-refractivity contribution in [2.75, 3.05) is 33.7 Å². The Balaban J connectivity index is 2.33. The van der Waals surface area contributed by atoms with Crippen LogP contribution in [0.4, 0.5) is 0 Å². The maximum Gasteiger partial charge on any atom is 0.321 e. The Morgan fingerprint density at radius 2 is 2.00 bits per heavy atom. The Morgan fingerprint density at radius 3 is 2.50 bits per heavy atom. The fraction of sp³-hybridized carbons (Fsp3) is 0.833. The Morgan fingerprint density at radius 1 is 1.44 bits per heavy atom. The summed E-state index contributed by atoms with van der Waals surface area (Å²) < 4.78 is 0. The second kappa shape index (κ2) is 6.70. The van der Waals surface area contributed by atoms with Gasteiger partial charge in [-0.15, -0.1) is 0 Å². The van der Waals surface area contributed by atoms with Gasteiger partial charge in [-0.05, 0) is 38.9 Å². The molecule has 0 aliphatic carbocycles. The molecule has 0 aromatic heterocycles. The molecule has 1 fully saturated rings. The lowest BCUT2D eigenvalue weighted by Crippen LogP contribution is -2.41. The second-order valence-electron chi connectivity index (χ2n) is 5.17. The van der Waals surface area contributed by atoms with E-state index in [1.807, 2.05) is 0 Å². The van der Waals surface area contributed by atoms with Gasteiger partial charge >= 0.3 is 5.97 Å². The van der Waals surface area contributed by atoms with Gasteiger partial charge in [-0.2, -0.15) is 0 Å². The summed E-state index contributed by atoms with van der Waals surface area (Å²) in [5.41, 5.74) is 5.35. The molecule has 6 heteroatoms. The van der Waals surface area contributed by atoms with Gasteiger partial charge in [0.1, 0.15) is 6.04 Å². The Bertz CT molecular complexity index is 301. The van der Waals surface area contributed by atoms with E-state index >= 15 is 0 Å². The van der Waals surface area contributed by atoms with Crippen molar-refractivity contribution in [3.63, 3.8) is 0 Å². The molecule has 1 amide bonds. The first-order valence-electron chi connectivity index (χ1n) is 6.31. The molecule has 18 heavy (non-hydrogen) atoms. The first kappa shape index (κ1) is 14.9. The summed E-state index contributed by atoms with van der Waals surface area (Å²) >= 11 is 0. The van der Waals surface area contributed by atoms with Gasteiger partial charge < -0.3 is 20.6 Å². The van der Waals surface area contributed by atoms with Crippen LogP contribution >= 0.6 is 0 Å². The molecule has 1 aliphatic rings. The monoisotopic (exact) mass is 257 g/mol. The topological polar surface area (TPSA) is 86.9 Å². The van der Waals surface area contributed by atoms with Crippen LogP contribution in [0.1, 0.15) is 19.3 Å². The Labute approximate surface area is 108 Å². The minimum atomic E-state index is -1.13. The summed E-state index contributed by atoms with van der Waals surface area (Å²) in [5.74, 6) is -0.809. The third kappa shape index (κ3) is 4.62. The standard InChI is InChI=1S/C12H23N3O3/c1-14-5-3-9(4-6-14)8-15(2)11(16)7-10(13)12(17)18/h9-10H,3-8,13H2,1-2H3,(H,17,18). The van der Waals surface area contributed by atoms with Crippen molar-refractivity contribution < 1.29 is 14.7 Å². The molecule has 0 spiro atoms. The number of carbonyl (C=O) groups is 2. The third-order valence-electron chi connectivity index (χ3n) is 3.51. The van der Waals surface area contributed by atoms with E-state index in [0.29, 0.717) is 12.5 Å². The van der Waals surface area contributed by atoms with Gasteiger partial charge in [0.25, 0.3) is 0 Å². The number of piperidine rings is 1. The van der Waals surface area contributed by atoms with Crippen molar-refractivity contribution in [1.82, 2.24) is 9.80 Å². The number of nitrogens with two attached hydrogens (primary N) is 1. The summed E-state index contributed by atoms with van der Waals surface area (Å²) in [7, 11) is 3.81. The van der Waals surface area contributed by atoms with Gasteiger partial charge in [-0.1, -0.05) is 0 Å². The van der Waals surface area contributed by atoms with Crippen molar-refractivity contribution in [3.05, 3.63) is 0 Å². The predicted octanol–water partition coefficient (Wildman–Crippen LogP) is -0.411. The number of carboxylic acid groups (broad SMARTS) is 1. The number of hydrogen-bond donors (Lipinski definition) is 2. The van der Waals surface area contributed by atoms with Crippen molar-refractivity contribution in [1.29, 1.82) is 0 Å². The van der Waals surface area contributed by atoms with E-state index in [4.69, 9.17) is 10.8 Å². The smallest absolute Gasteiger partial charge is 0.321 e. The Hall–Kier alpha value is -1.14. The van der Waals surface area contributed by atoms with Crippen LogP contribution in [0.2, 0.25) is 0 Å². The molecule has 0 aromatic carbocycles. The molecule has 1 rings (SSSR count). The number of aliphatic carboxylic acids is 1. The summed E-state index contributed by atoms with van der Waals surface area (Å²) in [6.45, 7) is 2.81. The van der Waals surface area contributed by atoms with Crippen LogP contribution in [-0.2, 0) is 9.59 Å². The van der Waals surface area contributed by atoms with Crippen LogP contribution in [0.15, 0.2) is 0 Å². The zero-order valence-electron chi connectivity index (χ0n) is 11.1. The molecule has 6 nitrogen and oxygen atoms in total. The molecular weight excluding hydrogens is 234 g/mol. The minimum absolute atomic E-state index is 0.127. The highest BCUT2D eigenvalue weighted by Crippen LogP contribution is 2.17. The minimum Gasteiger partial charge on any atom is -0.480 e. The third-order valence-corrected chi connectivity index (χ3v) is 3.51. The molecule has 0 bridgehead atoms. The zero-order chi connectivity index (χ0) is 13.7. The van der Waals surface area contributed by atoms with E-state index < -0.39 is 12.0 Å². The molecule has 104 valence electrons. The number of rotatable bonds is 5. The van der Waals surface area contributed by atoms with E-state index in [0.717, 1.165) is 25.9 Å². The van der Waals surface area contributed by atoms with Gasteiger partial charge in [0.15, 0.2) is 0 Å². The van der Waals surface area contributed by atoms with E-state index in [9.17, 15) is 9.59 Å². The molecular formula is C12H23N3O3. The van der Waals surface area contributed by atoms with Crippen molar-refractivity contribution in [3.8, 4) is 0 Å². The fourth-order valence-corrected chi connectivity index (χ4v) is 2.17. The van der Waals surface area contributed by atoms with Crippen LogP contribution in [0.3, 0.4) is 0 Å². The molecule has 0 radical (unpaired) electrons. The Kier molecular flexibility index (Phi) is 5.55. The quantitative estimate of drug-likeness (QED) is 0.699. The average Bonchev–Trinajstić information content (AvgIpc) is 2.31. The summed E-state index contributed by atoms with van der Waals surface area (Å²) in [6, 6.07) is -1.10. The molecule has 0 aromatic rings. The van der Waals surface area contributed by atoms with Crippen LogP contribution in [0.25, 0.3) is 0 Å². The summed E-state index contributed by atoms with van der Waals surface area (Å²) in [4.78, 5) is 26.2. The van der Waals surface area contributed by atoms with Crippen molar-refractivity contribution in [2.24, 2.45) is 11.7 Å². The molecule has 1 saturated heterocycles. The van der Waals surface area contributed by atoms with Crippen LogP contribution in [0, 0.1) is 5.92 Å². The van der Waals surface area contributed by atoms with E-state index in [-0.39, 0.29) is 12.3 Å². The molecule has 1 atom stereocenters. The summed E-state index contributed by atoms with van der Waals surface area (Å²) in [5, 5.41) is 8.66. The highest BCUT2D eigenvalue weighted by Gasteiger charge is 2.23. The lowest BCUT2D eigenvalue weighted by Gasteiger charge is -2.31. The van der Waals surface area contributed by atoms with Crippen LogP contribution in [-0.4, -0.2) is 66.6 Å². The number of carbonyl (C=O) groups excluding carboxylic acids is 1. The van der Waals surface area contributed by atoms with Crippen molar-refractivity contribution in [2.45, 2.75) is 25.3 Å². The first-order chi connectivity index (χ1) is 8.40. The zero-order valence-corrected chi connectivity index (χ0v) is 11.1. The van der Waals surface area contributed by atoms with Crippen LogP contribution < -0.4 is 5.73 Å². The normalized spacial score (nSPS) is 19.5. The molecule has 3 N–H and O–H groups in total. The van der Waals surface area contributed by atoms with Gasteiger partial charge in [-0.25, -0.2) is 0 Å². The van der Waals surface area contributed by atoms with Gasteiger partial charge in [0.2, 0.25) is 5.91 Å². The SMILES string of the molecule is CN1CCC(CN(C)C(=O)CC(N)C(=O)O)CC1. The maximum absolute atomic E-state index is 11.8. The highest BCUT2D eigenvalue weighted by molar-refractivity contribution is 5.84. The lowest BCUT2D eigenvalue weighted by molar-refractivity contribution is -0.142. The molecule has 0 saturated carbocycles. The molecule has 1 unspecified atom stereocenters. The number of carboxylic acids is 1. The number of hydrogen-bond acceptors (Lipinski definition) is 4. The van der Waals surface area contributed by atoms with Crippen molar-refractivity contribution >= 4 is 11.9 Å². The van der Waals surface area contributed by atoms with Gasteiger partial charge in [-0.3, -0.25) is 9.59 Å². The second-order valence-corrected chi connectivity index (χ2v) is 5.17. The first-order valence-corrected chi connectivity index (χ1v) is 6.31. The largest absolute Gasteiger partial charge is 0.480 e. The van der Waals surface area contributed by atoms with E-state index in [1.54, 1.807) is 11.9 Å². The predicted molar refractivity (Wildman–Crippen MR) is 68.1 cm³/mol. The van der Waals surface area contributed by atoms with E-state index in [2.05, 4.69) is 11.9 Å². The number of nitrogens with zero attached hydrogens (tertiary/aromatic N) is 2. The maximum atomic E-state index is 11.8. The average molecular weight is 257 g/mol. The highest BCUT2D eigenvalue weighted by atomic mass is 16.4. The molecule has 1 heterocycles. The lowest BCUT2D eigenvalue weighted by atomic mass is 9.96. The van der Waals surface area contributed by atoms with Gasteiger partial charge in [0.05, 0.1) is 6.42 Å².